The van der Waals surface area contributed by atoms with Crippen LogP contribution < -0.4 is 0 Å². The van der Waals surface area contributed by atoms with Crippen LogP contribution in [0.5, 0.6) is 0 Å². The molecule has 0 N–H and O–H groups in total. The molecule has 0 radical (unpaired) electrons. The second kappa shape index (κ2) is 8.44. The topological polar surface area (TPSA) is 78.0 Å². The number of nitrogens with zero attached hydrogens (tertiary/aromatic N) is 3. The molecule has 138 valence electrons. The number of amides is 2. The van der Waals surface area contributed by atoms with Crippen LogP contribution in [0.15, 0.2) is 24.3 Å². The van der Waals surface area contributed by atoms with E-state index in [-0.39, 0.29) is 25.4 Å². The normalized spacial score (nSPS) is 15.5. The van der Waals surface area contributed by atoms with Gasteiger partial charge >= 0.3 is 0 Å². The van der Waals surface area contributed by atoms with Crippen molar-refractivity contribution >= 4 is 22.3 Å². The number of benzene rings is 1. The molecule has 1 aromatic carbocycles. The summed E-state index contributed by atoms with van der Waals surface area (Å²) in [6, 6.07) is 7.67. The molecule has 2 amide bonds. The number of hydrogen-bond donors (Lipinski definition) is 0. The Hall–Kier alpha value is -1.93. The van der Waals surface area contributed by atoms with Gasteiger partial charge in [-0.05, 0) is 12.5 Å². The minimum atomic E-state index is -3.41. The van der Waals surface area contributed by atoms with Gasteiger partial charge < -0.3 is 9.80 Å². The highest BCUT2D eigenvalue weighted by Gasteiger charge is 2.23. The van der Waals surface area contributed by atoms with E-state index in [0.29, 0.717) is 26.2 Å². The van der Waals surface area contributed by atoms with Gasteiger partial charge in [-0.25, -0.2) is 8.42 Å². The molecule has 7 nitrogen and oxygen atoms in total. The van der Waals surface area contributed by atoms with Crippen LogP contribution in [0, 0.1) is 6.92 Å². The molecule has 8 heteroatoms. The Morgan fingerprint density at radius 2 is 1.92 bits per heavy atom. The van der Waals surface area contributed by atoms with Crippen LogP contribution in [0.2, 0.25) is 0 Å². The van der Waals surface area contributed by atoms with E-state index >= 15 is 0 Å². The Morgan fingerprint density at radius 1 is 1.24 bits per heavy atom. The molecule has 0 saturated carbocycles. The molecule has 1 aliphatic heterocycles. The van der Waals surface area contributed by atoms with Crippen LogP contribution in [0.3, 0.4) is 0 Å². The van der Waals surface area contributed by atoms with Gasteiger partial charge in [-0.2, -0.15) is 4.31 Å². The molecule has 1 aliphatic rings. The Bertz CT molecular complexity index is 712. The van der Waals surface area contributed by atoms with Crippen molar-refractivity contribution < 1.29 is 18.0 Å². The van der Waals surface area contributed by atoms with E-state index in [1.165, 1.54) is 4.31 Å². The molecular weight excluding hydrogens is 342 g/mol. The summed E-state index contributed by atoms with van der Waals surface area (Å²) in [5.41, 5.74) is 1.97. The van der Waals surface area contributed by atoms with E-state index in [0.717, 1.165) is 23.8 Å². The summed E-state index contributed by atoms with van der Waals surface area (Å²) in [7, 11) is -3.41. The third-order valence-electron chi connectivity index (χ3n) is 4.30. The van der Waals surface area contributed by atoms with E-state index in [9.17, 15) is 18.0 Å². The first-order valence-corrected chi connectivity index (χ1v) is 10.1. The lowest BCUT2D eigenvalue weighted by molar-refractivity contribution is -0.135. The van der Waals surface area contributed by atoms with Gasteiger partial charge in [0.25, 0.3) is 0 Å². The molecule has 1 aromatic rings. The highest BCUT2D eigenvalue weighted by molar-refractivity contribution is 7.88. The van der Waals surface area contributed by atoms with Crippen LogP contribution in [0.1, 0.15) is 17.5 Å². The van der Waals surface area contributed by atoms with Crippen LogP contribution in [-0.2, 0) is 26.2 Å². The Morgan fingerprint density at radius 3 is 2.48 bits per heavy atom. The van der Waals surface area contributed by atoms with E-state index < -0.39 is 10.0 Å². The van der Waals surface area contributed by atoms with Crippen LogP contribution in [0.4, 0.5) is 0 Å². The van der Waals surface area contributed by atoms with Crippen LogP contribution in [0.25, 0.3) is 0 Å². The zero-order valence-corrected chi connectivity index (χ0v) is 15.5. The van der Waals surface area contributed by atoms with Crippen LogP contribution in [-0.4, -0.2) is 73.8 Å². The average molecular weight is 367 g/mol. The maximum Gasteiger partial charge on any atom is 0.224 e. The summed E-state index contributed by atoms with van der Waals surface area (Å²) >= 11 is 0. The Kier molecular flexibility index (Phi) is 6.55. The van der Waals surface area contributed by atoms with Crippen molar-refractivity contribution in [3.63, 3.8) is 0 Å². The van der Waals surface area contributed by atoms with E-state index in [4.69, 9.17) is 0 Å². The fourth-order valence-electron chi connectivity index (χ4n) is 2.83. The van der Waals surface area contributed by atoms with Crippen molar-refractivity contribution in [2.75, 3.05) is 39.0 Å². The molecule has 0 aliphatic carbocycles. The van der Waals surface area contributed by atoms with Gasteiger partial charge in [0.2, 0.25) is 22.3 Å². The summed E-state index contributed by atoms with van der Waals surface area (Å²) in [5.74, 6) is -0.0801. The lowest BCUT2D eigenvalue weighted by Gasteiger charge is -2.33. The SMILES string of the molecule is Cc1cccc(CN(CCC(=O)N2CCN(C=O)CC2)S(C)(=O)=O)c1. The maximum atomic E-state index is 12.3. The monoisotopic (exact) mass is 367 g/mol. The molecule has 0 atom stereocenters. The number of carbonyl (C=O) groups excluding carboxylic acids is 2. The number of sulfonamides is 1. The average Bonchev–Trinajstić information content (AvgIpc) is 2.57. The number of carbonyl (C=O) groups is 2. The Balaban J connectivity index is 1.94. The highest BCUT2D eigenvalue weighted by atomic mass is 32.2. The zero-order valence-electron chi connectivity index (χ0n) is 14.7. The first kappa shape index (κ1) is 19.4. The van der Waals surface area contributed by atoms with Crippen molar-refractivity contribution in [3.05, 3.63) is 35.4 Å². The minimum Gasteiger partial charge on any atom is -0.342 e. The van der Waals surface area contributed by atoms with Crippen molar-refractivity contribution in [1.82, 2.24) is 14.1 Å². The van der Waals surface area contributed by atoms with Crippen molar-refractivity contribution in [1.29, 1.82) is 0 Å². The predicted molar refractivity (Wildman–Crippen MR) is 95.3 cm³/mol. The highest BCUT2D eigenvalue weighted by Crippen LogP contribution is 2.12. The van der Waals surface area contributed by atoms with Crippen LogP contribution >= 0.6 is 0 Å². The van der Waals surface area contributed by atoms with Crippen molar-refractivity contribution in [2.45, 2.75) is 19.9 Å². The lowest BCUT2D eigenvalue weighted by Crippen LogP contribution is -2.48. The maximum absolute atomic E-state index is 12.3. The minimum absolute atomic E-state index is 0.0801. The summed E-state index contributed by atoms with van der Waals surface area (Å²) in [6.07, 6.45) is 2.09. The summed E-state index contributed by atoms with van der Waals surface area (Å²) in [6.45, 7) is 4.40. The first-order valence-electron chi connectivity index (χ1n) is 8.27. The molecule has 25 heavy (non-hydrogen) atoms. The van der Waals surface area contributed by atoms with E-state index in [1.807, 2.05) is 31.2 Å². The largest absolute Gasteiger partial charge is 0.342 e. The van der Waals surface area contributed by atoms with Gasteiger partial charge in [0.15, 0.2) is 0 Å². The third-order valence-corrected chi connectivity index (χ3v) is 5.55. The molecule has 1 heterocycles. The molecular formula is C17H25N3O4S. The number of piperazine rings is 1. The molecule has 0 bridgehead atoms. The van der Waals surface area contributed by atoms with Crippen molar-refractivity contribution in [2.24, 2.45) is 0 Å². The molecule has 0 spiro atoms. The van der Waals surface area contributed by atoms with Gasteiger partial charge in [-0.3, -0.25) is 9.59 Å². The van der Waals surface area contributed by atoms with E-state index in [1.54, 1.807) is 9.80 Å². The quantitative estimate of drug-likeness (QED) is 0.656. The van der Waals surface area contributed by atoms with E-state index in [2.05, 4.69) is 0 Å². The van der Waals surface area contributed by atoms with Crippen molar-refractivity contribution in [3.8, 4) is 0 Å². The smallest absolute Gasteiger partial charge is 0.224 e. The number of aryl methyl sites for hydroxylation is 1. The predicted octanol–water partition coefficient (Wildman–Crippen LogP) is 0.447. The molecule has 1 saturated heterocycles. The van der Waals surface area contributed by atoms with Gasteiger partial charge in [0.1, 0.15) is 0 Å². The third kappa shape index (κ3) is 5.82. The molecule has 0 aromatic heterocycles. The van der Waals surface area contributed by atoms with Gasteiger partial charge in [0, 0.05) is 45.7 Å². The Labute approximate surface area is 149 Å². The molecule has 1 fully saturated rings. The lowest BCUT2D eigenvalue weighted by atomic mass is 10.1. The van der Waals surface area contributed by atoms with Gasteiger partial charge in [-0.1, -0.05) is 29.8 Å². The standard InChI is InChI=1S/C17H25N3O4S/c1-15-4-3-5-16(12-15)13-20(25(2,23)24)7-6-17(22)19-10-8-18(14-21)9-11-19/h3-5,12,14H,6-11,13H2,1-2H3. The van der Waals surface area contributed by atoms with Gasteiger partial charge in [0.05, 0.1) is 6.26 Å². The van der Waals surface area contributed by atoms with Gasteiger partial charge in [-0.15, -0.1) is 0 Å². The number of rotatable bonds is 7. The molecule has 0 unspecified atom stereocenters. The first-order chi connectivity index (χ1) is 11.8. The fraction of sp³-hybridized carbons (Fsp3) is 0.529. The summed E-state index contributed by atoms with van der Waals surface area (Å²) in [5, 5.41) is 0. The summed E-state index contributed by atoms with van der Waals surface area (Å²) in [4.78, 5) is 26.4. The second-order valence-electron chi connectivity index (χ2n) is 6.36. The zero-order chi connectivity index (χ0) is 18.4. The number of hydrogen-bond acceptors (Lipinski definition) is 4. The summed E-state index contributed by atoms with van der Waals surface area (Å²) < 4.78 is 25.4. The fourth-order valence-corrected chi connectivity index (χ4v) is 3.64. The molecule has 2 rings (SSSR count). The second-order valence-corrected chi connectivity index (χ2v) is 8.34.